The van der Waals surface area contributed by atoms with E-state index in [4.69, 9.17) is 9.47 Å². The number of methoxy groups -OCH3 is 2. The van der Waals surface area contributed by atoms with Crippen molar-refractivity contribution in [3.05, 3.63) is 64.7 Å². The maximum Gasteiger partial charge on any atom is 0.226 e. The van der Waals surface area contributed by atoms with Crippen LogP contribution in [0.25, 0.3) is 10.6 Å². The first-order valence-electron chi connectivity index (χ1n) is 8.58. The molecule has 0 aliphatic heterocycles. The summed E-state index contributed by atoms with van der Waals surface area (Å²) in [7, 11) is 3.18. The molecule has 2 aromatic carbocycles. The Bertz CT molecular complexity index is 937. The molecule has 0 saturated heterocycles. The van der Waals surface area contributed by atoms with Crippen LogP contribution >= 0.6 is 11.3 Å². The number of thiazole rings is 1. The number of para-hydroxylation sites is 1. The zero-order chi connectivity index (χ0) is 19.2. The number of hydrogen-bond donors (Lipinski definition) is 1. The molecule has 1 N–H and O–H groups in total. The lowest BCUT2D eigenvalue weighted by atomic mass is 10.1. The first kappa shape index (κ1) is 18.9. The van der Waals surface area contributed by atoms with Gasteiger partial charge in [0.25, 0.3) is 0 Å². The fourth-order valence-corrected chi connectivity index (χ4v) is 3.63. The second kappa shape index (κ2) is 8.68. The van der Waals surface area contributed by atoms with E-state index >= 15 is 0 Å². The first-order valence-corrected chi connectivity index (χ1v) is 9.46. The van der Waals surface area contributed by atoms with E-state index in [2.05, 4.69) is 29.4 Å². The number of ether oxygens (including phenoxy) is 2. The highest BCUT2D eigenvalue weighted by Gasteiger charge is 2.12. The van der Waals surface area contributed by atoms with Crippen LogP contribution in [0.5, 0.6) is 11.5 Å². The van der Waals surface area contributed by atoms with E-state index in [-0.39, 0.29) is 12.3 Å². The smallest absolute Gasteiger partial charge is 0.226 e. The van der Waals surface area contributed by atoms with Crippen LogP contribution in [-0.2, 0) is 17.8 Å². The van der Waals surface area contributed by atoms with Crippen molar-refractivity contribution < 1.29 is 14.3 Å². The number of aromatic nitrogens is 1. The summed E-state index contributed by atoms with van der Waals surface area (Å²) in [6.45, 7) is 2.42. The summed E-state index contributed by atoms with van der Waals surface area (Å²) in [6, 6.07) is 13.8. The van der Waals surface area contributed by atoms with Gasteiger partial charge in [0.05, 0.1) is 26.3 Å². The molecule has 6 heteroatoms. The molecule has 3 rings (SSSR count). The second-order valence-electron chi connectivity index (χ2n) is 6.12. The molecule has 0 aliphatic rings. The zero-order valence-corrected chi connectivity index (χ0v) is 16.4. The third-order valence-electron chi connectivity index (χ3n) is 4.12. The molecule has 140 valence electrons. The summed E-state index contributed by atoms with van der Waals surface area (Å²) in [5.41, 5.74) is 3.90. The fourth-order valence-electron chi connectivity index (χ4n) is 2.81. The minimum Gasteiger partial charge on any atom is -0.493 e. The quantitative estimate of drug-likeness (QED) is 0.671. The maximum atomic E-state index is 12.3. The zero-order valence-electron chi connectivity index (χ0n) is 15.6. The van der Waals surface area contributed by atoms with Crippen LogP contribution in [0.4, 0.5) is 0 Å². The summed E-state index contributed by atoms with van der Waals surface area (Å²) in [5.74, 6) is 1.20. The Morgan fingerprint density at radius 2 is 1.96 bits per heavy atom. The van der Waals surface area contributed by atoms with Gasteiger partial charge < -0.3 is 14.8 Å². The minimum atomic E-state index is -0.0824. The molecule has 1 amide bonds. The molecule has 0 aliphatic carbocycles. The number of nitrogens with one attached hydrogen (secondary N) is 1. The average Bonchev–Trinajstić information content (AvgIpc) is 3.14. The van der Waals surface area contributed by atoms with Crippen molar-refractivity contribution in [2.24, 2.45) is 0 Å². The van der Waals surface area contributed by atoms with Gasteiger partial charge in [0.1, 0.15) is 5.01 Å². The molecule has 1 aromatic heterocycles. The van der Waals surface area contributed by atoms with Crippen molar-refractivity contribution in [1.29, 1.82) is 0 Å². The van der Waals surface area contributed by atoms with Crippen LogP contribution in [0, 0.1) is 6.92 Å². The molecule has 0 atom stereocenters. The third-order valence-corrected chi connectivity index (χ3v) is 5.06. The molecule has 0 spiro atoms. The van der Waals surface area contributed by atoms with Crippen molar-refractivity contribution >= 4 is 17.2 Å². The first-order chi connectivity index (χ1) is 13.1. The number of rotatable bonds is 7. The fraction of sp³-hybridized carbons (Fsp3) is 0.238. The second-order valence-corrected chi connectivity index (χ2v) is 6.98. The summed E-state index contributed by atoms with van der Waals surface area (Å²) >= 11 is 1.55. The van der Waals surface area contributed by atoms with Crippen molar-refractivity contribution in [2.45, 2.75) is 19.9 Å². The van der Waals surface area contributed by atoms with E-state index in [1.807, 2.05) is 35.7 Å². The van der Waals surface area contributed by atoms with Crippen LogP contribution in [-0.4, -0.2) is 25.1 Å². The van der Waals surface area contributed by atoms with Crippen LogP contribution in [0.15, 0.2) is 47.8 Å². The summed E-state index contributed by atoms with van der Waals surface area (Å²) < 4.78 is 10.7. The Kier molecular flexibility index (Phi) is 6.08. The van der Waals surface area contributed by atoms with Gasteiger partial charge in [-0.15, -0.1) is 11.3 Å². The molecular weight excluding hydrogens is 360 g/mol. The predicted molar refractivity (Wildman–Crippen MR) is 107 cm³/mol. The van der Waals surface area contributed by atoms with E-state index in [1.54, 1.807) is 25.6 Å². The lowest BCUT2D eigenvalue weighted by molar-refractivity contribution is -0.120. The number of amides is 1. The number of hydrogen-bond acceptors (Lipinski definition) is 5. The van der Waals surface area contributed by atoms with Crippen molar-refractivity contribution in [1.82, 2.24) is 10.3 Å². The van der Waals surface area contributed by atoms with Gasteiger partial charge in [0, 0.05) is 23.1 Å². The Hall–Kier alpha value is -2.86. The highest BCUT2D eigenvalue weighted by Crippen LogP contribution is 2.30. The van der Waals surface area contributed by atoms with Crippen LogP contribution in [0.1, 0.15) is 16.8 Å². The number of aryl methyl sites for hydroxylation is 1. The highest BCUT2D eigenvalue weighted by molar-refractivity contribution is 7.13. The Morgan fingerprint density at radius 1 is 1.15 bits per heavy atom. The van der Waals surface area contributed by atoms with Crippen LogP contribution < -0.4 is 14.8 Å². The lowest BCUT2D eigenvalue weighted by Gasteiger charge is -2.13. The monoisotopic (exact) mass is 382 g/mol. The third kappa shape index (κ3) is 4.65. The molecule has 27 heavy (non-hydrogen) atoms. The molecular formula is C21H22N2O3S. The number of nitrogens with zero attached hydrogens (tertiary/aromatic N) is 1. The average molecular weight is 382 g/mol. The largest absolute Gasteiger partial charge is 0.493 e. The SMILES string of the molecule is COc1cccc(CNC(=O)Cc2csc(-c3cccc(C)c3)n2)c1OC. The molecule has 0 bridgehead atoms. The number of carbonyl (C=O) groups excluding carboxylic acids is 1. The van der Waals surface area contributed by atoms with E-state index < -0.39 is 0 Å². The van der Waals surface area contributed by atoms with Crippen LogP contribution in [0.2, 0.25) is 0 Å². The van der Waals surface area contributed by atoms with Crippen LogP contribution in [0.3, 0.4) is 0 Å². The van der Waals surface area contributed by atoms with Gasteiger partial charge in [0.2, 0.25) is 5.91 Å². The van der Waals surface area contributed by atoms with Crippen molar-refractivity contribution in [3.8, 4) is 22.1 Å². The van der Waals surface area contributed by atoms with Gasteiger partial charge in [0.15, 0.2) is 11.5 Å². The van der Waals surface area contributed by atoms with Gasteiger partial charge in [-0.2, -0.15) is 0 Å². The highest BCUT2D eigenvalue weighted by atomic mass is 32.1. The normalized spacial score (nSPS) is 10.5. The molecule has 1 heterocycles. The van der Waals surface area contributed by atoms with Gasteiger partial charge in [-0.05, 0) is 19.1 Å². The summed E-state index contributed by atoms with van der Waals surface area (Å²) in [4.78, 5) is 16.9. The predicted octanol–water partition coefficient (Wildman–Crippen LogP) is 3.99. The topological polar surface area (TPSA) is 60.5 Å². The van der Waals surface area contributed by atoms with Gasteiger partial charge in [-0.1, -0.05) is 35.9 Å². The minimum absolute atomic E-state index is 0.0824. The molecule has 5 nitrogen and oxygen atoms in total. The number of benzene rings is 2. The molecule has 0 fully saturated rings. The van der Waals surface area contributed by atoms with E-state index in [0.29, 0.717) is 18.0 Å². The summed E-state index contributed by atoms with van der Waals surface area (Å²) in [5, 5.41) is 5.78. The van der Waals surface area contributed by atoms with Gasteiger partial charge in [-0.3, -0.25) is 4.79 Å². The van der Waals surface area contributed by atoms with Gasteiger partial charge in [-0.25, -0.2) is 4.98 Å². The van der Waals surface area contributed by atoms with Crippen molar-refractivity contribution in [2.75, 3.05) is 14.2 Å². The standard InChI is InChI=1S/C21H22N2O3S/c1-14-6-4-7-15(10-14)21-23-17(13-27-21)11-19(24)22-12-16-8-5-9-18(25-2)20(16)26-3/h4-10,13H,11-12H2,1-3H3,(H,22,24). The molecule has 0 saturated carbocycles. The Morgan fingerprint density at radius 3 is 2.70 bits per heavy atom. The Balaban J connectivity index is 1.62. The van der Waals surface area contributed by atoms with Crippen molar-refractivity contribution in [3.63, 3.8) is 0 Å². The lowest BCUT2D eigenvalue weighted by Crippen LogP contribution is -2.25. The van der Waals surface area contributed by atoms with Gasteiger partial charge >= 0.3 is 0 Å². The molecule has 0 radical (unpaired) electrons. The van der Waals surface area contributed by atoms with E-state index in [0.717, 1.165) is 21.8 Å². The van der Waals surface area contributed by atoms with E-state index in [9.17, 15) is 4.79 Å². The molecule has 3 aromatic rings. The Labute approximate surface area is 163 Å². The summed E-state index contributed by atoms with van der Waals surface area (Å²) in [6.07, 6.45) is 0.245. The molecule has 0 unspecified atom stereocenters. The maximum absolute atomic E-state index is 12.3. The number of carbonyl (C=O) groups is 1. The van der Waals surface area contributed by atoms with E-state index in [1.165, 1.54) is 5.56 Å².